The van der Waals surface area contributed by atoms with E-state index in [0.717, 1.165) is 19.6 Å². The van der Waals surface area contributed by atoms with Gasteiger partial charge in [0.05, 0.1) is 0 Å². The van der Waals surface area contributed by atoms with E-state index in [0.29, 0.717) is 5.92 Å². The standard InChI is InChI=1S/C28H44NO/c1-4-5-6-7-8-9-10-11-12-16-23-30-28(24-29-21-14-13-15-22-29)27-19-17-26(18-20-27)25(2)3/h13-15,17-22,25,28H,4-12,16,23-24H2,1-3H3/q+1. The van der Waals surface area contributed by atoms with Crippen LogP contribution in [0.2, 0.25) is 0 Å². The highest BCUT2D eigenvalue weighted by Gasteiger charge is 2.17. The summed E-state index contributed by atoms with van der Waals surface area (Å²) in [6.07, 6.45) is 17.9. The van der Waals surface area contributed by atoms with Gasteiger partial charge in [-0.3, -0.25) is 0 Å². The predicted octanol–water partition coefficient (Wildman–Crippen LogP) is 7.78. The van der Waals surface area contributed by atoms with E-state index in [1.165, 1.54) is 68.9 Å². The van der Waals surface area contributed by atoms with Crippen molar-refractivity contribution in [2.75, 3.05) is 6.61 Å². The molecule has 0 N–H and O–H groups in total. The predicted molar refractivity (Wildman–Crippen MR) is 128 cm³/mol. The van der Waals surface area contributed by atoms with Gasteiger partial charge >= 0.3 is 0 Å². The Hall–Kier alpha value is -1.67. The minimum Gasteiger partial charge on any atom is -0.367 e. The lowest BCUT2D eigenvalue weighted by atomic mass is 10.00. The second-order valence-electron chi connectivity index (χ2n) is 8.94. The quantitative estimate of drug-likeness (QED) is 0.203. The van der Waals surface area contributed by atoms with E-state index < -0.39 is 0 Å². The van der Waals surface area contributed by atoms with Crippen LogP contribution in [0.5, 0.6) is 0 Å². The average Bonchev–Trinajstić information content (AvgIpc) is 2.77. The summed E-state index contributed by atoms with van der Waals surface area (Å²) >= 11 is 0. The first-order valence-corrected chi connectivity index (χ1v) is 12.4. The van der Waals surface area contributed by atoms with Gasteiger partial charge in [-0.1, -0.05) is 109 Å². The Morgan fingerprint density at radius 3 is 1.80 bits per heavy atom. The van der Waals surface area contributed by atoms with Crippen molar-refractivity contribution in [3.8, 4) is 0 Å². The smallest absolute Gasteiger partial charge is 0.178 e. The Bertz CT molecular complexity index is 650. The fourth-order valence-electron chi connectivity index (χ4n) is 3.91. The number of pyridine rings is 1. The van der Waals surface area contributed by atoms with Gasteiger partial charge in [-0.2, -0.15) is 0 Å². The monoisotopic (exact) mass is 410 g/mol. The van der Waals surface area contributed by atoms with E-state index in [1.54, 1.807) is 0 Å². The van der Waals surface area contributed by atoms with Crippen LogP contribution in [0.1, 0.15) is 108 Å². The number of aromatic nitrogens is 1. The Morgan fingerprint density at radius 1 is 0.700 bits per heavy atom. The summed E-state index contributed by atoms with van der Waals surface area (Å²) in [5.74, 6) is 0.563. The van der Waals surface area contributed by atoms with Crippen molar-refractivity contribution in [1.29, 1.82) is 0 Å². The lowest BCUT2D eigenvalue weighted by Gasteiger charge is -2.17. The summed E-state index contributed by atoms with van der Waals surface area (Å²) in [5.41, 5.74) is 2.67. The number of nitrogens with zero attached hydrogens (tertiary/aromatic N) is 1. The lowest BCUT2D eigenvalue weighted by Crippen LogP contribution is -2.36. The molecule has 1 aromatic heterocycles. The maximum absolute atomic E-state index is 6.38. The molecule has 0 aliphatic rings. The number of hydrogen-bond donors (Lipinski definition) is 0. The molecule has 166 valence electrons. The molecule has 0 saturated carbocycles. The minimum atomic E-state index is 0.108. The third-order valence-electron chi connectivity index (χ3n) is 5.95. The van der Waals surface area contributed by atoms with Gasteiger partial charge in [0, 0.05) is 18.7 Å². The van der Waals surface area contributed by atoms with E-state index in [4.69, 9.17) is 4.74 Å². The number of rotatable bonds is 16. The largest absolute Gasteiger partial charge is 0.367 e. The average molecular weight is 411 g/mol. The van der Waals surface area contributed by atoms with Gasteiger partial charge in [0.25, 0.3) is 0 Å². The van der Waals surface area contributed by atoms with Crippen molar-refractivity contribution in [2.45, 2.75) is 104 Å². The molecule has 0 amide bonds. The van der Waals surface area contributed by atoms with E-state index in [2.05, 4.69) is 80.2 Å². The van der Waals surface area contributed by atoms with Crippen LogP contribution in [0, 0.1) is 0 Å². The van der Waals surface area contributed by atoms with Crippen molar-refractivity contribution in [3.63, 3.8) is 0 Å². The Morgan fingerprint density at radius 2 is 1.23 bits per heavy atom. The summed E-state index contributed by atoms with van der Waals surface area (Å²) in [6, 6.07) is 15.2. The highest BCUT2D eigenvalue weighted by molar-refractivity contribution is 5.26. The molecule has 2 aromatic rings. The molecule has 0 aliphatic carbocycles. The number of unbranched alkanes of at least 4 members (excludes halogenated alkanes) is 9. The highest BCUT2D eigenvalue weighted by atomic mass is 16.5. The molecule has 1 heterocycles. The summed E-state index contributed by atoms with van der Waals surface area (Å²) in [5, 5.41) is 0. The zero-order chi connectivity index (χ0) is 21.4. The zero-order valence-electron chi connectivity index (χ0n) is 19.7. The van der Waals surface area contributed by atoms with Gasteiger partial charge < -0.3 is 4.74 Å². The first-order chi connectivity index (χ1) is 14.7. The summed E-state index contributed by atoms with van der Waals surface area (Å²) < 4.78 is 8.61. The minimum absolute atomic E-state index is 0.108. The fraction of sp³-hybridized carbons (Fsp3) is 0.607. The number of hydrogen-bond acceptors (Lipinski definition) is 1. The molecule has 1 unspecified atom stereocenters. The molecule has 2 nitrogen and oxygen atoms in total. The molecule has 2 heteroatoms. The second-order valence-corrected chi connectivity index (χ2v) is 8.94. The second kappa shape index (κ2) is 15.2. The van der Waals surface area contributed by atoms with Crippen molar-refractivity contribution < 1.29 is 9.30 Å². The van der Waals surface area contributed by atoms with Gasteiger partial charge in [-0.25, -0.2) is 4.57 Å². The lowest BCUT2D eigenvalue weighted by molar-refractivity contribution is -0.705. The topological polar surface area (TPSA) is 13.1 Å². The molecule has 1 atom stereocenters. The first kappa shape index (κ1) is 24.6. The van der Waals surface area contributed by atoms with Crippen LogP contribution in [-0.2, 0) is 11.3 Å². The third-order valence-corrected chi connectivity index (χ3v) is 5.95. The van der Waals surface area contributed by atoms with E-state index in [-0.39, 0.29) is 6.10 Å². The summed E-state index contributed by atoms with van der Waals surface area (Å²) in [4.78, 5) is 0. The van der Waals surface area contributed by atoms with Crippen LogP contribution in [0.15, 0.2) is 54.9 Å². The van der Waals surface area contributed by atoms with E-state index >= 15 is 0 Å². The molecule has 30 heavy (non-hydrogen) atoms. The van der Waals surface area contributed by atoms with Crippen molar-refractivity contribution in [3.05, 3.63) is 66.0 Å². The van der Waals surface area contributed by atoms with Crippen LogP contribution in [0.3, 0.4) is 0 Å². The highest BCUT2D eigenvalue weighted by Crippen LogP contribution is 2.22. The normalized spacial score (nSPS) is 12.4. The van der Waals surface area contributed by atoms with Crippen LogP contribution >= 0.6 is 0 Å². The van der Waals surface area contributed by atoms with Crippen LogP contribution < -0.4 is 4.57 Å². The van der Waals surface area contributed by atoms with Gasteiger partial charge in [0.1, 0.15) is 6.10 Å². The summed E-state index contributed by atoms with van der Waals surface area (Å²) in [6.45, 7) is 8.48. The SMILES string of the molecule is CCCCCCCCCCCCOC(C[n+]1ccccc1)c1ccc(C(C)C)cc1. The Kier molecular flexibility index (Phi) is 12.4. The molecule has 0 spiro atoms. The molecule has 0 radical (unpaired) electrons. The van der Waals surface area contributed by atoms with Crippen LogP contribution in [0.25, 0.3) is 0 Å². The molecule has 1 aromatic carbocycles. The van der Waals surface area contributed by atoms with Gasteiger partial charge in [-0.05, 0) is 23.5 Å². The van der Waals surface area contributed by atoms with Gasteiger partial charge in [0.2, 0.25) is 0 Å². The van der Waals surface area contributed by atoms with E-state index in [9.17, 15) is 0 Å². The first-order valence-electron chi connectivity index (χ1n) is 12.4. The van der Waals surface area contributed by atoms with Crippen LogP contribution in [0.4, 0.5) is 0 Å². The van der Waals surface area contributed by atoms with Gasteiger partial charge in [0.15, 0.2) is 18.9 Å². The van der Waals surface area contributed by atoms with Crippen molar-refractivity contribution in [1.82, 2.24) is 0 Å². The molecular weight excluding hydrogens is 366 g/mol. The summed E-state index contributed by atoms with van der Waals surface area (Å²) in [7, 11) is 0. The molecular formula is C28H44NO+. The van der Waals surface area contributed by atoms with Crippen LogP contribution in [-0.4, -0.2) is 6.61 Å². The van der Waals surface area contributed by atoms with Crippen molar-refractivity contribution in [2.24, 2.45) is 0 Å². The number of ether oxygens (including phenoxy) is 1. The maximum Gasteiger partial charge on any atom is 0.178 e. The Labute approximate surface area is 185 Å². The molecule has 0 bridgehead atoms. The molecule has 0 saturated heterocycles. The molecule has 0 aliphatic heterocycles. The van der Waals surface area contributed by atoms with E-state index in [1.807, 2.05) is 0 Å². The van der Waals surface area contributed by atoms with Crippen molar-refractivity contribution >= 4 is 0 Å². The molecule has 0 fully saturated rings. The zero-order valence-corrected chi connectivity index (χ0v) is 19.7. The molecule has 2 rings (SSSR count). The van der Waals surface area contributed by atoms with Gasteiger partial charge in [-0.15, -0.1) is 0 Å². The number of benzene rings is 1. The maximum atomic E-state index is 6.38. The third kappa shape index (κ3) is 9.89. The fourth-order valence-corrected chi connectivity index (χ4v) is 3.91. The Balaban J connectivity index is 1.74.